The van der Waals surface area contributed by atoms with Gasteiger partial charge in [0, 0.05) is 5.56 Å². The van der Waals surface area contributed by atoms with E-state index < -0.39 is 11.9 Å². The Balaban J connectivity index is 1.56. The van der Waals surface area contributed by atoms with Gasteiger partial charge in [0.15, 0.2) is 17.2 Å². The molecule has 0 radical (unpaired) electrons. The van der Waals surface area contributed by atoms with Gasteiger partial charge >= 0.3 is 11.9 Å². The summed E-state index contributed by atoms with van der Waals surface area (Å²) in [7, 11) is 1.48. The Morgan fingerprint density at radius 2 is 1.56 bits per heavy atom. The first-order valence-corrected chi connectivity index (χ1v) is 9.99. The maximum Gasteiger partial charge on any atom is 0.363 e. The Bertz CT molecular complexity index is 1240. The molecule has 0 aromatic heterocycles. The van der Waals surface area contributed by atoms with Gasteiger partial charge in [-0.05, 0) is 61.9 Å². The van der Waals surface area contributed by atoms with Crippen LogP contribution in [0.15, 0.2) is 77.4 Å². The average molecular weight is 427 g/mol. The fourth-order valence-electron chi connectivity index (χ4n) is 3.09. The van der Waals surface area contributed by atoms with Crippen molar-refractivity contribution in [3.05, 3.63) is 100 Å². The van der Waals surface area contributed by atoms with E-state index in [1.54, 1.807) is 36.4 Å². The summed E-state index contributed by atoms with van der Waals surface area (Å²) in [4.78, 5) is 29.0. The molecule has 3 aromatic carbocycles. The molecule has 0 N–H and O–H groups in total. The number of cyclic esters (lactones) is 1. The van der Waals surface area contributed by atoms with Crippen LogP contribution in [0.4, 0.5) is 0 Å². The molecule has 32 heavy (non-hydrogen) atoms. The fourth-order valence-corrected chi connectivity index (χ4v) is 3.09. The van der Waals surface area contributed by atoms with Crippen LogP contribution >= 0.6 is 0 Å². The van der Waals surface area contributed by atoms with Gasteiger partial charge in [-0.25, -0.2) is 14.6 Å². The zero-order valence-corrected chi connectivity index (χ0v) is 17.9. The molecule has 0 fully saturated rings. The van der Waals surface area contributed by atoms with E-state index in [-0.39, 0.29) is 17.3 Å². The van der Waals surface area contributed by atoms with Crippen LogP contribution < -0.4 is 9.47 Å². The molecule has 0 aliphatic carbocycles. The summed E-state index contributed by atoms with van der Waals surface area (Å²) < 4.78 is 16.2. The van der Waals surface area contributed by atoms with Crippen molar-refractivity contribution < 1.29 is 23.8 Å². The molecule has 0 spiro atoms. The molecule has 0 atom stereocenters. The van der Waals surface area contributed by atoms with Crippen molar-refractivity contribution in [2.45, 2.75) is 13.8 Å². The molecule has 4 rings (SSSR count). The van der Waals surface area contributed by atoms with Gasteiger partial charge in [-0.1, -0.05) is 41.5 Å². The third kappa shape index (κ3) is 4.59. The Morgan fingerprint density at radius 1 is 0.906 bits per heavy atom. The first-order valence-electron chi connectivity index (χ1n) is 9.99. The number of carbonyl (C=O) groups excluding carboxylic acids is 2. The normalized spacial score (nSPS) is 14.2. The van der Waals surface area contributed by atoms with Crippen molar-refractivity contribution in [2.24, 2.45) is 4.99 Å². The number of hydrogen-bond donors (Lipinski definition) is 0. The van der Waals surface area contributed by atoms with Crippen LogP contribution in [-0.2, 0) is 9.53 Å². The number of aliphatic imine (C=N–C) groups is 1. The molecule has 1 aliphatic rings. The maximum absolute atomic E-state index is 12.4. The van der Waals surface area contributed by atoms with Crippen LogP contribution in [0.5, 0.6) is 11.5 Å². The number of benzene rings is 3. The van der Waals surface area contributed by atoms with E-state index in [2.05, 4.69) is 4.99 Å². The van der Waals surface area contributed by atoms with E-state index in [0.29, 0.717) is 16.9 Å². The number of nitrogens with zero attached hydrogens (tertiary/aromatic N) is 1. The summed E-state index contributed by atoms with van der Waals surface area (Å²) in [6.45, 7) is 3.92. The zero-order chi connectivity index (χ0) is 22.7. The number of carbonyl (C=O) groups is 2. The highest BCUT2D eigenvalue weighted by atomic mass is 16.6. The highest BCUT2D eigenvalue weighted by Crippen LogP contribution is 2.30. The summed E-state index contributed by atoms with van der Waals surface area (Å²) >= 11 is 0. The highest BCUT2D eigenvalue weighted by molar-refractivity contribution is 6.12. The van der Waals surface area contributed by atoms with Crippen molar-refractivity contribution >= 4 is 23.9 Å². The minimum atomic E-state index is -0.533. The molecule has 0 bridgehead atoms. The highest BCUT2D eigenvalue weighted by Gasteiger charge is 2.24. The second-order valence-corrected chi connectivity index (χ2v) is 7.37. The monoisotopic (exact) mass is 427 g/mol. The number of hydrogen-bond acceptors (Lipinski definition) is 6. The topological polar surface area (TPSA) is 74.2 Å². The summed E-state index contributed by atoms with van der Waals surface area (Å²) in [5.41, 5.74) is 4.14. The summed E-state index contributed by atoms with van der Waals surface area (Å²) in [5.74, 6) is -0.126. The Labute approximate surface area is 185 Å². The first-order chi connectivity index (χ1) is 15.4. The standard InChI is InChI=1S/C26H21NO5/c1-16-4-9-19(10-5-16)24-27-21(26(29)32-24)14-18-8-13-22(23(15-18)30-3)31-25(28)20-11-6-17(2)7-12-20/h4-15H,1-3H3/b21-14-. The minimum absolute atomic E-state index is 0.173. The molecule has 6 nitrogen and oxygen atoms in total. The predicted molar refractivity (Wildman–Crippen MR) is 121 cm³/mol. The van der Waals surface area contributed by atoms with Crippen LogP contribution in [0, 0.1) is 13.8 Å². The lowest BCUT2D eigenvalue weighted by molar-refractivity contribution is -0.129. The molecule has 1 aliphatic heterocycles. The first kappa shape index (κ1) is 21.1. The van der Waals surface area contributed by atoms with Gasteiger partial charge in [0.2, 0.25) is 5.90 Å². The SMILES string of the molecule is COc1cc(/C=C2\N=C(c3ccc(C)cc3)OC2=O)ccc1OC(=O)c1ccc(C)cc1. The van der Waals surface area contributed by atoms with E-state index >= 15 is 0 Å². The predicted octanol–water partition coefficient (Wildman–Crippen LogP) is 4.88. The lowest BCUT2D eigenvalue weighted by Gasteiger charge is -2.10. The largest absolute Gasteiger partial charge is 0.493 e. The van der Waals surface area contributed by atoms with E-state index in [1.165, 1.54) is 7.11 Å². The van der Waals surface area contributed by atoms with Crippen molar-refractivity contribution in [3.63, 3.8) is 0 Å². The molecule has 3 aromatic rings. The third-order valence-electron chi connectivity index (χ3n) is 4.90. The van der Waals surface area contributed by atoms with Crippen LogP contribution in [0.1, 0.15) is 32.6 Å². The second kappa shape index (κ2) is 8.89. The Kier molecular flexibility index (Phi) is 5.85. The molecule has 160 valence electrons. The zero-order valence-electron chi connectivity index (χ0n) is 17.9. The number of aryl methyl sites for hydroxylation is 2. The molecular weight excluding hydrogens is 406 g/mol. The van der Waals surface area contributed by atoms with Crippen LogP contribution in [0.2, 0.25) is 0 Å². The number of esters is 2. The van der Waals surface area contributed by atoms with Gasteiger partial charge in [-0.3, -0.25) is 0 Å². The average Bonchev–Trinajstić information content (AvgIpc) is 3.15. The number of methoxy groups -OCH3 is 1. The quantitative estimate of drug-likeness (QED) is 0.330. The van der Waals surface area contributed by atoms with Crippen molar-refractivity contribution in [1.29, 1.82) is 0 Å². The van der Waals surface area contributed by atoms with Gasteiger partial charge in [-0.15, -0.1) is 0 Å². The van der Waals surface area contributed by atoms with Crippen molar-refractivity contribution in [3.8, 4) is 11.5 Å². The molecule has 0 saturated heterocycles. The smallest absolute Gasteiger partial charge is 0.363 e. The van der Waals surface area contributed by atoms with Gasteiger partial charge in [0.05, 0.1) is 12.7 Å². The van der Waals surface area contributed by atoms with E-state index in [4.69, 9.17) is 14.2 Å². The second-order valence-electron chi connectivity index (χ2n) is 7.37. The van der Waals surface area contributed by atoms with Crippen LogP contribution in [0.3, 0.4) is 0 Å². The molecule has 6 heteroatoms. The lowest BCUT2D eigenvalue weighted by Crippen LogP contribution is -2.09. The van der Waals surface area contributed by atoms with E-state index in [0.717, 1.165) is 16.7 Å². The molecule has 0 amide bonds. The summed E-state index contributed by atoms with van der Waals surface area (Å²) in [6.07, 6.45) is 1.59. The molecule has 0 saturated carbocycles. The lowest BCUT2D eigenvalue weighted by atomic mass is 10.1. The molecule has 1 heterocycles. The van der Waals surface area contributed by atoms with Crippen LogP contribution in [0.25, 0.3) is 6.08 Å². The van der Waals surface area contributed by atoms with Crippen LogP contribution in [-0.4, -0.2) is 24.9 Å². The fraction of sp³-hybridized carbons (Fsp3) is 0.115. The van der Waals surface area contributed by atoms with Crippen molar-refractivity contribution in [2.75, 3.05) is 7.11 Å². The summed E-state index contributed by atoms with van der Waals surface area (Å²) in [6, 6.07) is 19.6. The van der Waals surface area contributed by atoms with E-state index in [1.807, 2.05) is 50.2 Å². The van der Waals surface area contributed by atoms with Gasteiger partial charge in [-0.2, -0.15) is 0 Å². The Hall–Kier alpha value is -4.19. The number of rotatable bonds is 5. The third-order valence-corrected chi connectivity index (χ3v) is 4.90. The van der Waals surface area contributed by atoms with Gasteiger partial charge in [0.25, 0.3) is 0 Å². The molecule has 0 unspecified atom stereocenters. The maximum atomic E-state index is 12.4. The Morgan fingerprint density at radius 3 is 2.22 bits per heavy atom. The van der Waals surface area contributed by atoms with Crippen molar-refractivity contribution in [1.82, 2.24) is 0 Å². The van der Waals surface area contributed by atoms with Gasteiger partial charge < -0.3 is 14.2 Å². The minimum Gasteiger partial charge on any atom is -0.493 e. The van der Waals surface area contributed by atoms with E-state index in [9.17, 15) is 9.59 Å². The summed E-state index contributed by atoms with van der Waals surface area (Å²) in [5, 5.41) is 0. The van der Waals surface area contributed by atoms with Gasteiger partial charge in [0.1, 0.15) is 0 Å². The number of ether oxygens (including phenoxy) is 3. The molecular formula is C26H21NO5.